The van der Waals surface area contributed by atoms with Gasteiger partial charge in [0, 0.05) is 55.6 Å². The van der Waals surface area contributed by atoms with E-state index in [9.17, 15) is 27.9 Å². The van der Waals surface area contributed by atoms with E-state index in [1.807, 2.05) is 86.3 Å². The standard InChI is InChI=1S/C41H51N7O6S/c1-5-29-25-41(29,39(52)47(55(53)54)30-19-20-30)42-37(50)33-23-31(26-46(33)38(51)32(40(2,3)4)24-34(49)45-21-13-8-14-22-45)48-43-35(27-15-9-6-10-16-27)36(44-48)28-17-11-7-12-18-28/h5-7,9-12,15-18,29-33H,1,8,13-14,19-26H2,2-4H3,(H,42,50)(H,53,54)/t29-,31-,32-,33+,41-/m1/s1. The second-order valence-corrected chi connectivity index (χ2v) is 17.4. The largest absolute Gasteiger partial charge is 0.343 e. The number of carbonyl (C=O) groups is 4. The van der Waals surface area contributed by atoms with E-state index in [0.29, 0.717) is 37.3 Å². The maximum Gasteiger partial charge on any atom is 0.264 e. The average molecular weight is 770 g/mol. The third kappa shape index (κ3) is 7.88. The van der Waals surface area contributed by atoms with Crippen molar-refractivity contribution in [3.63, 3.8) is 0 Å². The van der Waals surface area contributed by atoms with Crippen molar-refractivity contribution >= 4 is 34.9 Å². The number of nitrogens with zero attached hydrogens (tertiary/aromatic N) is 6. The molecule has 1 unspecified atom stereocenters. The topological polar surface area (TPSA) is 158 Å². The average Bonchev–Trinajstić information content (AvgIpc) is 4.04. The summed E-state index contributed by atoms with van der Waals surface area (Å²) in [6.45, 7) is 11.1. The van der Waals surface area contributed by atoms with Crippen molar-refractivity contribution in [1.29, 1.82) is 0 Å². The highest BCUT2D eigenvalue weighted by Crippen LogP contribution is 2.48. The third-order valence-corrected chi connectivity index (χ3v) is 12.4. The first-order chi connectivity index (χ1) is 26.3. The molecule has 4 amide bonds. The summed E-state index contributed by atoms with van der Waals surface area (Å²) in [6, 6.07) is 17.5. The van der Waals surface area contributed by atoms with Crippen molar-refractivity contribution in [2.75, 3.05) is 19.6 Å². The molecule has 6 atom stereocenters. The Balaban J connectivity index is 1.24. The first-order valence-electron chi connectivity index (χ1n) is 19.4. The summed E-state index contributed by atoms with van der Waals surface area (Å²) in [5, 5.41) is 12.9. The Morgan fingerprint density at radius 2 is 1.56 bits per heavy atom. The molecule has 0 spiro atoms. The van der Waals surface area contributed by atoms with Gasteiger partial charge in [0.2, 0.25) is 17.7 Å². The summed E-state index contributed by atoms with van der Waals surface area (Å²) in [5.74, 6) is -2.77. The monoisotopic (exact) mass is 769 g/mol. The number of hydrogen-bond donors (Lipinski definition) is 2. The van der Waals surface area contributed by atoms with Crippen LogP contribution in [0.1, 0.15) is 78.2 Å². The van der Waals surface area contributed by atoms with E-state index in [0.717, 1.165) is 34.7 Å². The number of likely N-dealkylation sites (tertiary alicyclic amines) is 2. The van der Waals surface area contributed by atoms with Gasteiger partial charge in [-0.15, -0.1) is 6.58 Å². The van der Waals surface area contributed by atoms with Crippen molar-refractivity contribution in [1.82, 2.24) is 34.4 Å². The van der Waals surface area contributed by atoms with Crippen LogP contribution < -0.4 is 5.32 Å². The molecule has 7 rings (SSSR count). The molecule has 3 aromatic rings. The molecule has 2 aliphatic heterocycles. The Morgan fingerprint density at radius 3 is 2.05 bits per heavy atom. The highest BCUT2D eigenvalue weighted by atomic mass is 32.2. The molecule has 1 aromatic heterocycles. The third-order valence-electron chi connectivity index (χ3n) is 11.6. The Bertz CT molecular complexity index is 1900. The Labute approximate surface area is 324 Å². The number of piperidine rings is 1. The molecular weight excluding hydrogens is 719 g/mol. The fourth-order valence-corrected chi connectivity index (χ4v) is 8.91. The van der Waals surface area contributed by atoms with E-state index in [1.165, 1.54) is 0 Å². The van der Waals surface area contributed by atoms with Crippen molar-refractivity contribution in [3.8, 4) is 22.5 Å². The molecular formula is C41H51N7O6S. The molecule has 3 heterocycles. The highest BCUT2D eigenvalue weighted by Gasteiger charge is 2.64. The normalized spacial score (nSPS) is 24.8. The van der Waals surface area contributed by atoms with Crippen LogP contribution in [0.2, 0.25) is 0 Å². The van der Waals surface area contributed by atoms with Gasteiger partial charge in [0.25, 0.3) is 17.2 Å². The van der Waals surface area contributed by atoms with Crippen LogP contribution in [0.25, 0.3) is 22.5 Å². The second kappa shape index (κ2) is 15.4. The molecule has 2 N–H and O–H groups in total. The van der Waals surface area contributed by atoms with E-state index in [-0.39, 0.29) is 43.7 Å². The van der Waals surface area contributed by atoms with Crippen molar-refractivity contribution in [2.24, 2.45) is 17.3 Å². The van der Waals surface area contributed by atoms with Gasteiger partial charge in [-0.1, -0.05) is 87.5 Å². The number of amides is 4. The Hall–Kier alpha value is -4.69. The first-order valence-corrected chi connectivity index (χ1v) is 20.4. The van der Waals surface area contributed by atoms with Gasteiger partial charge in [0.15, 0.2) is 0 Å². The van der Waals surface area contributed by atoms with Gasteiger partial charge >= 0.3 is 0 Å². The van der Waals surface area contributed by atoms with Crippen molar-refractivity contribution in [3.05, 3.63) is 73.3 Å². The molecule has 0 bridgehead atoms. The van der Waals surface area contributed by atoms with Crippen LogP contribution in [-0.4, -0.2) is 98.7 Å². The molecule has 13 nitrogen and oxygen atoms in total. The Morgan fingerprint density at radius 1 is 0.982 bits per heavy atom. The predicted octanol–water partition coefficient (Wildman–Crippen LogP) is 5.01. The van der Waals surface area contributed by atoms with Gasteiger partial charge in [-0.2, -0.15) is 15.0 Å². The predicted molar refractivity (Wildman–Crippen MR) is 208 cm³/mol. The highest BCUT2D eigenvalue weighted by molar-refractivity contribution is 7.77. The quantitative estimate of drug-likeness (QED) is 0.192. The van der Waals surface area contributed by atoms with Crippen molar-refractivity contribution < 1.29 is 27.9 Å². The molecule has 2 saturated carbocycles. The summed E-state index contributed by atoms with van der Waals surface area (Å²) in [4.78, 5) is 62.1. The molecule has 4 aliphatic rings. The van der Waals surface area contributed by atoms with Crippen LogP contribution in [0.4, 0.5) is 0 Å². The zero-order chi connectivity index (χ0) is 39.1. The zero-order valence-corrected chi connectivity index (χ0v) is 32.6. The summed E-state index contributed by atoms with van der Waals surface area (Å²) in [7, 11) is 0. The maximum absolute atomic E-state index is 14.9. The van der Waals surface area contributed by atoms with Crippen LogP contribution >= 0.6 is 0 Å². The zero-order valence-electron chi connectivity index (χ0n) is 31.8. The number of nitrogens with one attached hydrogen (secondary N) is 1. The van der Waals surface area contributed by atoms with Crippen LogP contribution in [-0.2, 0) is 30.4 Å². The minimum absolute atomic E-state index is 0.00773. The first kappa shape index (κ1) is 38.6. The lowest BCUT2D eigenvalue weighted by atomic mass is 9.77. The lowest BCUT2D eigenvalue weighted by Gasteiger charge is -2.36. The summed E-state index contributed by atoms with van der Waals surface area (Å²) >= 11 is -2.56. The molecule has 2 saturated heterocycles. The van der Waals surface area contributed by atoms with Gasteiger partial charge in [0.1, 0.15) is 23.0 Å². The summed E-state index contributed by atoms with van der Waals surface area (Å²) < 4.78 is 23.4. The number of carbonyl (C=O) groups excluding carboxylic acids is 4. The Kier molecular flexibility index (Phi) is 10.8. The number of benzene rings is 2. The van der Waals surface area contributed by atoms with E-state index in [2.05, 4.69) is 11.9 Å². The van der Waals surface area contributed by atoms with Gasteiger partial charge in [-0.25, -0.2) is 8.51 Å². The van der Waals surface area contributed by atoms with E-state index in [1.54, 1.807) is 15.8 Å². The van der Waals surface area contributed by atoms with Gasteiger partial charge in [-0.05, 0) is 43.9 Å². The van der Waals surface area contributed by atoms with Gasteiger partial charge in [0.05, 0.1) is 12.0 Å². The number of aromatic nitrogens is 3. The van der Waals surface area contributed by atoms with E-state index < -0.39 is 58.0 Å². The van der Waals surface area contributed by atoms with E-state index >= 15 is 0 Å². The number of rotatable bonds is 12. The summed E-state index contributed by atoms with van der Waals surface area (Å²) in [6.07, 6.45) is 6.08. The minimum atomic E-state index is -2.56. The van der Waals surface area contributed by atoms with Crippen LogP contribution in [0.5, 0.6) is 0 Å². The molecule has 14 heteroatoms. The van der Waals surface area contributed by atoms with Crippen LogP contribution in [0.3, 0.4) is 0 Å². The minimum Gasteiger partial charge on any atom is -0.343 e. The van der Waals surface area contributed by atoms with Gasteiger partial charge in [-0.3, -0.25) is 23.7 Å². The molecule has 4 fully saturated rings. The van der Waals surface area contributed by atoms with Gasteiger partial charge < -0.3 is 15.1 Å². The SMILES string of the molecule is C=C[C@@H]1C[C@]1(NC(=O)[C@@H]1C[C@@H](n2nc(-c3ccccc3)c(-c3ccccc3)n2)CN1C(=O)[C@@H](CC(=O)N1CCCCC1)C(C)(C)C)C(=O)N(C1CC1)S(=O)O. The van der Waals surface area contributed by atoms with Crippen molar-refractivity contribution in [2.45, 2.75) is 95.8 Å². The summed E-state index contributed by atoms with van der Waals surface area (Å²) in [5.41, 5.74) is 0.970. The van der Waals surface area contributed by atoms with Crippen LogP contribution in [0.15, 0.2) is 73.3 Å². The molecule has 292 valence electrons. The molecule has 2 aromatic carbocycles. The number of hydrogen-bond acceptors (Lipinski definition) is 7. The molecule has 2 aliphatic carbocycles. The van der Waals surface area contributed by atoms with E-state index in [4.69, 9.17) is 10.2 Å². The fourth-order valence-electron chi connectivity index (χ4n) is 8.14. The fraction of sp³-hybridized carbons (Fsp3) is 0.512. The smallest absolute Gasteiger partial charge is 0.264 e. The lowest BCUT2D eigenvalue weighted by molar-refractivity contribution is -0.149. The maximum atomic E-state index is 14.9. The lowest BCUT2D eigenvalue weighted by Crippen LogP contribution is -2.57. The molecule has 55 heavy (non-hydrogen) atoms. The molecule has 0 radical (unpaired) electrons. The second-order valence-electron chi connectivity index (χ2n) is 16.5. The van der Waals surface area contributed by atoms with Crippen LogP contribution in [0, 0.1) is 17.3 Å².